The van der Waals surface area contributed by atoms with Gasteiger partial charge in [0.2, 0.25) is 0 Å². The molecule has 1 heterocycles. The Balaban J connectivity index is 2.04. The van der Waals surface area contributed by atoms with Gasteiger partial charge in [0.1, 0.15) is 5.82 Å². The largest absolute Gasteiger partial charge is 0.364 e. The van der Waals surface area contributed by atoms with E-state index in [0.29, 0.717) is 6.54 Å². The average Bonchev–Trinajstić information content (AvgIpc) is 2.41. The van der Waals surface area contributed by atoms with E-state index in [-0.39, 0.29) is 6.04 Å². The number of nitrogens with two attached hydrogens (primary N) is 1. The molecule has 0 amide bonds. The van der Waals surface area contributed by atoms with Crippen LogP contribution < -0.4 is 11.1 Å². The summed E-state index contributed by atoms with van der Waals surface area (Å²) in [4.78, 5) is 8.49. The van der Waals surface area contributed by atoms with Gasteiger partial charge in [-0.3, -0.25) is 4.98 Å². The Hall–Kier alpha value is -1.94. The van der Waals surface area contributed by atoms with E-state index in [9.17, 15) is 0 Å². The normalized spacial score (nSPS) is 12.1. The summed E-state index contributed by atoms with van der Waals surface area (Å²) < 4.78 is 0. The molecule has 0 aliphatic rings. The minimum Gasteiger partial charge on any atom is -0.364 e. The fourth-order valence-corrected chi connectivity index (χ4v) is 1.83. The van der Waals surface area contributed by atoms with Gasteiger partial charge in [-0.1, -0.05) is 30.3 Å². The molecule has 0 saturated carbocycles. The van der Waals surface area contributed by atoms with Crippen LogP contribution in [0.3, 0.4) is 0 Å². The second-order valence-corrected chi connectivity index (χ2v) is 4.26. The first-order chi connectivity index (χ1) is 8.79. The van der Waals surface area contributed by atoms with Crippen molar-refractivity contribution in [1.82, 2.24) is 9.97 Å². The third-order valence-corrected chi connectivity index (χ3v) is 2.83. The maximum absolute atomic E-state index is 5.81. The number of aromatic nitrogens is 2. The summed E-state index contributed by atoms with van der Waals surface area (Å²) >= 11 is 0. The molecule has 0 fully saturated rings. The van der Waals surface area contributed by atoms with Crippen LogP contribution in [0.5, 0.6) is 0 Å². The molecule has 3 N–H and O–H groups in total. The first-order valence-electron chi connectivity index (χ1n) is 6.07. The molecule has 0 bridgehead atoms. The fraction of sp³-hybridized carbons (Fsp3) is 0.286. The molecule has 0 radical (unpaired) electrons. The van der Waals surface area contributed by atoms with Crippen molar-refractivity contribution in [2.75, 3.05) is 11.9 Å². The van der Waals surface area contributed by atoms with Crippen molar-refractivity contribution in [3.63, 3.8) is 0 Å². The van der Waals surface area contributed by atoms with Gasteiger partial charge in [-0.15, -0.1) is 0 Å². The highest BCUT2D eigenvalue weighted by atomic mass is 15.0. The fourth-order valence-electron chi connectivity index (χ4n) is 1.83. The summed E-state index contributed by atoms with van der Waals surface area (Å²) in [7, 11) is 0. The number of nitrogens with zero attached hydrogens (tertiary/aromatic N) is 2. The Morgan fingerprint density at radius 2 is 1.89 bits per heavy atom. The maximum atomic E-state index is 5.81. The molecule has 0 saturated heterocycles. The van der Waals surface area contributed by atoms with Crippen molar-refractivity contribution >= 4 is 5.82 Å². The number of hydrogen-bond donors (Lipinski definition) is 2. The summed E-state index contributed by atoms with van der Waals surface area (Å²) in [5.74, 6) is 0.809. The second kappa shape index (κ2) is 6.12. The number of benzene rings is 1. The molecule has 1 aromatic carbocycles. The van der Waals surface area contributed by atoms with E-state index in [0.717, 1.165) is 17.9 Å². The molecule has 18 heavy (non-hydrogen) atoms. The number of hydrogen-bond acceptors (Lipinski definition) is 4. The molecule has 0 spiro atoms. The van der Waals surface area contributed by atoms with E-state index >= 15 is 0 Å². The van der Waals surface area contributed by atoms with Gasteiger partial charge >= 0.3 is 0 Å². The van der Waals surface area contributed by atoms with Crippen LogP contribution in [0.15, 0.2) is 42.7 Å². The molecule has 0 aliphatic heterocycles. The maximum Gasteiger partial charge on any atom is 0.147 e. The van der Waals surface area contributed by atoms with Crippen LogP contribution >= 0.6 is 0 Å². The predicted molar refractivity (Wildman–Crippen MR) is 73.4 cm³/mol. The Kier molecular flexibility index (Phi) is 4.25. The van der Waals surface area contributed by atoms with Crippen molar-refractivity contribution < 1.29 is 0 Å². The predicted octanol–water partition coefficient (Wildman–Crippen LogP) is 1.77. The molecule has 1 unspecified atom stereocenters. The molecular weight excluding hydrogens is 224 g/mol. The topological polar surface area (TPSA) is 63.8 Å². The molecule has 1 aromatic heterocycles. The number of rotatable bonds is 5. The molecule has 4 nitrogen and oxygen atoms in total. The highest BCUT2D eigenvalue weighted by Gasteiger charge is 2.09. The van der Waals surface area contributed by atoms with E-state index in [2.05, 4.69) is 27.4 Å². The number of nitrogens with one attached hydrogen (secondary N) is 1. The lowest BCUT2D eigenvalue weighted by Gasteiger charge is -2.18. The zero-order chi connectivity index (χ0) is 12.8. The van der Waals surface area contributed by atoms with Gasteiger partial charge in [0.05, 0.1) is 5.69 Å². The van der Waals surface area contributed by atoms with Crippen molar-refractivity contribution in [2.45, 2.75) is 19.4 Å². The van der Waals surface area contributed by atoms with Crippen LogP contribution in [0.1, 0.15) is 11.3 Å². The smallest absolute Gasteiger partial charge is 0.147 e. The van der Waals surface area contributed by atoms with E-state index in [1.165, 1.54) is 5.56 Å². The Morgan fingerprint density at radius 3 is 2.56 bits per heavy atom. The van der Waals surface area contributed by atoms with Crippen LogP contribution in [0.4, 0.5) is 5.82 Å². The summed E-state index contributed by atoms with van der Waals surface area (Å²) in [6.07, 6.45) is 4.26. The van der Waals surface area contributed by atoms with Gasteiger partial charge in [-0.25, -0.2) is 4.98 Å². The zero-order valence-corrected chi connectivity index (χ0v) is 10.5. The second-order valence-electron chi connectivity index (χ2n) is 4.26. The minimum absolute atomic E-state index is 0.169. The summed E-state index contributed by atoms with van der Waals surface area (Å²) in [5.41, 5.74) is 7.97. The summed E-state index contributed by atoms with van der Waals surface area (Å²) in [6, 6.07) is 10.5. The van der Waals surface area contributed by atoms with Gasteiger partial charge in [-0.05, 0) is 18.9 Å². The van der Waals surface area contributed by atoms with Gasteiger partial charge in [0.25, 0.3) is 0 Å². The third kappa shape index (κ3) is 3.28. The lowest BCUT2D eigenvalue weighted by Crippen LogP contribution is -2.31. The number of anilines is 1. The van der Waals surface area contributed by atoms with Gasteiger partial charge < -0.3 is 11.1 Å². The highest BCUT2D eigenvalue weighted by Crippen LogP contribution is 2.10. The van der Waals surface area contributed by atoms with Gasteiger partial charge in [0.15, 0.2) is 0 Å². The van der Waals surface area contributed by atoms with Crippen molar-refractivity contribution in [3.8, 4) is 0 Å². The van der Waals surface area contributed by atoms with Crippen molar-refractivity contribution in [2.24, 2.45) is 5.73 Å². The molecule has 0 aliphatic carbocycles. The van der Waals surface area contributed by atoms with Crippen LogP contribution in [0, 0.1) is 6.92 Å². The van der Waals surface area contributed by atoms with Crippen molar-refractivity contribution in [1.29, 1.82) is 0 Å². The van der Waals surface area contributed by atoms with E-state index in [1.807, 2.05) is 25.1 Å². The third-order valence-electron chi connectivity index (χ3n) is 2.83. The molecular formula is C14H18N4. The first-order valence-corrected chi connectivity index (χ1v) is 6.07. The molecule has 94 valence electrons. The lowest BCUT2D eigenvalue weighted by molar-refractivity contribution is 0.717. The van der Waals surface area contributed by atoms with Gasteiger partial charge in [-0.2, -0.15) is 0 Å². The Morgan fingerprint density at radius 1 is 1.17 bits per heavy atom. The average molecular weight is 242 g/mol. The first kappa shape index (κ1) is 12.5. The Labute approximate surface area is 107 Å². The summed E-state index contributed by atoms with van der Waals surface area (Å²) in [6.45, 7) is 2.50. The highest BCUT2D eigenvalue weighted by molar-refractivity contribution is 5.40. The van der Waals surface area contributed by atoms with Crippen LogP contribution in [0.25, 0.3) is 0 Å². The Bertz CT molecular complexity index is 484. The standard InChI is InChI=1S/C14H18N4/c1-11-14(17-8-7-16-11)18-13(10-15)9-12-5-3-2-4-6-12/h2-8,13H,9-10,15H2,1H3,(H,17,18). The zero-order valence-electron chi connectivity index (χ0n) is 10.5. The van der Waals surface area contributed by atoms with Crippen LogP contribution in [-0.4, -0.2) is 22.6 Å². The summed E-state index contributed by atoms with van der Waals surface area (Å²) in [5, 5.41) is 3.35. The monoisotopic (exact) mass is 242 g/mol. The van der Waals surface area contributed by atoms with Crippen LogP contribution in [0.2, 0.25) is 0 Å². The minimum atomic E-state index is 0.169. The number of aryl methyl sites for hydroxylation is 1. The molecule has 4 heteroatoms. The molecule has 1 atom stereocenters. The molecule has 2 aromatic rings. The van der Waals surface area contributed by atoms with E-state index in [4.69, 9.17) is 5.73 Å². The SMILES string of the molecule is Cc1nccnc1NC(CN)Cc1ccccc1. The van der Waals surface area contributed by atoms with Gasteiger partial charge in [0, 0.05) is 25.0 Å². The van der Waals surface area contributed by atoms with Crippen LogP contribution in [-0.2, 0) is 6.42 Å². The van der Waals surface area contributed by atoms with E-state index in [1.54, 1.807) is 12.4 Å². The molecule has 2 rings (SSSR count). The van der Waals surface area contributed by atoms with E-state index < -0.39 is 0 Å². The quantitative estimate of drug-likeness (QED) is 0.838. The lowest BCUT2D eigenvalue weighted by atomic mass is 10.1. The van der Waals surface area contributed by atoms with Crippen molar-refractivity contribution in [3.05, 3.63) is 54.0 Å².